The van der Waals surface area contributed by atoms with Crippen LogP contribution in [-0.2, 0) is 16.1 Å². The first-order valence-corrected chi connectivity index (χ1v) is 7.97. The second kappa shape index (κ2) is 7.23. The Hall–Kier alpha value is -3.06. The van der Waals surface area contributed by atoms with Gasteiger partial charge in [-0.1, -0.05) is 6.07 Å². The van der Waals surface area contributed by atoms with E-state index < -0.39 is 17.9 Å². The fourth-order valence-electron chi connectivity index (χ4n) is 2.65. The Morgan fingerprint density at radius 1 is 1.24 bits per heavy atom. The van der Waals surface area contributed by atoms with E-state index in [4.69, 9.17) is 4.42 Å². The number of benzene rings is 1. The zero-order valence-electron chi connectivity index (χ0n) is 13.7. The predicted octanol–water partition coefficient (Wildman–Crippen LogP) is 2.04. The number of aromatic nitrogens is 1. The maximum absolute atomic E-state index is 12.1. The van der Waals surface area contributed by atoms with E-state index >= 15 is 0 Å². The summed E-state index contributed by atoms with van der Waals surface area (Å²) in [5.41, 5.74) is 1.50. The molecule has 25 heavy (non-hydrogen) atoms. The van der Waals surface area contributed by atoms with E-state index in [0.29, 0.717) is 11.4 Å². The van der Waals surface area contributed by atoms with Crippen molar-refractivity contribution in [1.29, 1.82) is 0 Å². The molecule has 2 aromatic heterocycles. The van der Waals surface area contributed by atoms with E-state index in [1.165, 1.54) is 6.26 Å². The van der Waals surface area contributed by atoms with Crippen molar-refractivity contribution in [2.45, 2.75) is 19.5 Å². The number of furan rings is 1. The van der Waals surface area contributed by atoms with Gasteiger partial charge >= 0.3 is 11.8 Å². The number of anilines is 1. The zero-order chi connectivity index (χ0) is 17.8. The van der Waals surface area contributed by atoms with Crippen molar-refractivity contribution in [1.82, 2.24) is 9.88 Å². The minimum absolute atomic E-state index is 0.373. The van der Waals surface area contributed by atoms with Crippen molar-refractivity contribution < 1.29 is 19.1 Å². The van der Waals surface area contributed by atoms with Crippen LogP contribution in [0, 0.1) is 0 Å². The lowest BCUT2D eigenvalue weighted by Gasteiger charge is -2.13. The normalized spacial score (nSPS) is 12.1. The first kappa shape index (κ1) is 16.8. The van der Waals surface area contributed by atoms with E-state index in [2.05, 4.69) is 10.6 Å². The van der Waals surface area contributed by atoms with Crippen molar-refractivity contribution in [3.63, 3.8) is 0 Å². The summed E-state index contributed by atoms with van der Waals surface area (Å²) in [6, 6.07) is 9.92. The fourth-order valence-corrected chi connectivity index (χ4v) is 2.65. The van der Waals surface area contributed by atoms with Gasteiger partial charge in [0.25, 0.3) is 0 Å². The molecule has 3 N–H and O–H groups in total. The molecule has 0 bridgehead atoms. The summed E-state index contributed by atoms with van der Waals surface area (Å²) in [6.07, 6.45) is 3.40. The highest BCUT2D eigenvalue weighted by molar-refractivity contribution is 6.39. The van der Waals surface area contributed by atoms with Crippen LogP contribution < -0.4 is 10.6 Å². The van der Waals surface area contributed by atoms with Crippen LogP contribution in [0.1, 0.15) is 18.7 Å². The number of carbonyl (C=O) groups excluding carboxylic acids is 2. The number of nitrogens with one attached hydrogen (secondary N) is 2. The Labute approximate surface area is 144 Å². The summed E-state index contributed by atoms with van der Waals surface area (Å²) in [6.45, 7) is 2.47. The highest BCUT2D eigenvalue weighted by atomic mass is 16.3. The number of rotatable bonds is 5. The average Bonchev–Trinajstić information content (AvgIpc) is 3.28. The molecule has 0 spiro atoms. The molecule has 3 rings (SSSR count). The van der Waals surface area contributed by atoms with Gasteiger partial charge < -0.3 is 24.7 Å². The minimum Gasteiger partial charge on any atom is -0.467 e. The molecule has 1 aromatic carbocycles. The molecule has 3 aromatic rings. The summed E-state index contributed by atoms with van der Waals surface area (Å²) < 4.78 is 7.19. The Bertz CT molecular complexity index is 883. The standard InChI is InChI=1S/C18H19N3O4/c1-2-21-8-7-12-5-6-13(10-15(12)21)19-17(23)18(24)20-14(11-22)16-4-3-9-25-16/h3-10,14,22H,2,11H2,1H3,(H,19,23)(H,20,24). The molecule has 7 nitrogen and oxygen atoms in total. The van der Waals surface area contributed by atoms with Crippen LogP contribution in [0.25, 0.3) is 10.9 Å². The lowest BCUT2D eigenvalue weighted by Crippen LogP contribution is -2.38. The SMILES string of the molecule is CCn1ccc2ccc(NC(=O)C(=O)NC(CO)c3ccco3)cc21. The molecule has 7 heteroatoms. The summed E-state index contributed by atoms with van der Waals surface area (Å²) in [7, 11) is 0. The van der Waals surface area contributed by atoms with Crippen LogP contribution in [0.4, 0.5) is 5.69 Å². The predicted molar refractivity (Wildman–Crippen MR) is 92.9 cm³/mol. The van der Waals surface area contributed by atoms with Crippen molar-refractivity contribution in [2.75, 3.05) is 11.9 Å². The van der Waals surface area contributed by atoms with Gasteiger partial charge in [0.05, 0.1) is 18.4 Å². The molecule has 0 aliphatic carbocycles. The van der Waals surface area contributed by atoms with E-state index in [9.17, 15) is 14.7 Å². The van der Waals surface area contributed by atoms with Gasteiger partial charge in [0, 0.05) is 18.4 Å². The van der Waals surface area contributed by atoms with Crippen molar-refractivity contribution in [3.8, 4) is 0 Å². The number of aliphatic hydroxyl groups is 1. The van der Waals surface area contributed by atoms with Crippen LogP contribution in [-0.4, -0.2) is 28.1 Å². The number of nitrogens with zero attached hydrogens (tertiary/aromatic N) is 1. The third-order valence-electron chi connectivity index (χ3n) is 3.95. The molecule has 0 fully saturated rings. The number of hydrogen-bond donors (Lipinski definition) is 3. The average molecular weight is 341 g/mol. The zero-order valence-corrected chi connectivity index (χ0v) is 13.7. The molecule has 2 amide bonds. The maximum Gasteiger partial charge on any atom is 0.313 e. The van der Waals surface area contributed by atoms with Crippen molar-refractivity contribution in [3.05, 3.63) is 54.6 Å². The summed E-state index contributed by atoms with van der Waals surface area (Å²) >= 11 is 0. The summed E-state index contributed by atoms with van der Waals surface area (Å²) in [5, 5.41) is 15.4. The van der Waals surface area contributed by atoms with Gasteiger partial charge in [-0.15, -0.1) is 0 Å². The third-order valence-corrected chi connectivity index (χ3v) is 3.95. The maximum atomic E-state index is 12.1. The molecule has 0 saturated heterocycles. The van der Waals surface area contributed by atoms with Gasteiger partial charge in [0.1, 0.15) is 11.8 Å². The fraction of sp³-hybridized carbons (Fsp3) is 0.222. The van der Waals surface area contributed by atoms with E-state index in [-0.39, 0.29) is 6.61 Å². The second-order valence-corrected chi connectivity index (χ2v) is 5.55. The first-order chi connectivity index (χ1) is 12.1. The number of aliphatic hydroxyl groups excluding tert-OH is 1. The number of carbonyl (C=O) groups is 2. The Kier molecular flexibility index (Phi) is 4.85. The molecule has 2 heterocycles. The van der Waals surface area contributed by atoms with Gasteiger partial charge in [-0.25, -0.2) is 0 Å². The van der Waals surface area contributed by atoms with Gasteiger partial charge in [-0.3, -0.25) is 9.59 Å². The van der Waals surface area contributed by atoms with Gasteiger partial charge in [0.2, 0.25) is 0 Å². The second-order valence-electron chi connectivity index (χ2n) is 5.55. The van der Waals surface area contributed by atoms with Crippen LogP contribution in [0.5, 0.6) is 0 Å². The first-order valence-electron chi connectivity index (χ1n) is 7.97. The molecular weight excluding hydrogens is 322 g/mol. The molecular formula is C18H19N3O4. The lowest BCUT2D eigenvalue weighted by atomic mass is 10.2. The lowest BCUT2D eigenvalue weighted by molar-refractivity contribution is -0.136. The van der Waals surface area contributed by atoms with E-state index in [0.717, 1.165) is 17.4 Å². The van der Waals surface area contributed by atoms with Crippen LogP contribution >= 0.6 is 0 Å². The molecule has 0 aliphatic rings. The highest BCUT2D eigenvalue weighted by Crippen LogP contribution is 2.20. The Balaban J connectivity index is 1.69. The quantitative estimate of drug-likeness (QED) is 0.619. The number of amides is 2. The third kappa shape index (κ3) is 3.56. The smallest absolute Gasteiger partial charge is 0.313 e. The minimum atomic E-state index is -0.846. The summed E-state index contributed by atoms with van der Waals surface area (Å²) in [5.74, 6) is -1.27. The molecule has 0 aliphatic heterocycles. The Morgan fingerprint density at radius 3 is 2.76 bits per heavy atom. The largest absolute Gasteiger partial charge is 0.467 e. The van der Waals surface area contributed by atoms with E-state index in [1.54, 1.807) is 18.2 Å². The highest BCUT2D eigenvalue weighted by Gasteiger charge is 2.21. The monoisotopic (exact) mass is 341 g/mol. The van der Waals surface area contributed by atoms with Gasteiger partial charge in [-0.05, 0) is 42.6 Å². The molecule has 1 unspecified atom stereocenters. The van der Waals surface area contributed by atoms with Crippen molar-refractivity contribution in [2.24, 2.45) is 0 Å². The van der Waals surface area contributed by atoms with E-state index in [1.807, 2.05) is 35.9 Å². The van der Waals surface area contributed by atoms with Crippen molar-refractivity contribution >= 4 is 28.4 Å². The topological polar surface area (TPSA) is 96.5 Å². The molecule has 0 radical (unpaired) electrons. The van der Waals surface area contributed by atoms with Crippen LogP contribution in [0.3, 0.4) is 0 Å². The number of aryl methyl sites for hydroxylation is 1. The molecule has 0 saturated carbocycles. The number of hydrogen-bond acceptors (Lipinski definition) is 4. The number of fused-ring (bicyclic) bond motifs is 1. The Morgan fingerprint density at radius 2 is 2.08 bits per heavy atom. The van der Waals surface area contributed by atoms with Gasteiger partial charge in [-0.2, -0.15) is 0 Å². The van der Waals surface area contributed by atoms with Gasteiger partial charge in [0.15, 0.2) is 0 Å². The molecule has 1 atom stereocenters. The van der Waals surface area contributed by atoms with Crippen LogP contribution in [0.2, 0.25) is 0 Å². The van der Waals surface area contributed by atoms with Crippen LogP contribution in [0.15, 0.2) is 53.3 Å². The molecule has 130 valence electrons. The summed E-state index contributed by atoms with van der Waals surface area (Å²) in [4.78, 5) is 24.2.